The van der Waals surface area contributed by atoms with Crippen LogP contribution in [0.15, 0.2) is 42.5 Å². The third-order valence-corrected chi connectivity index (χ3v) is 2.64. The smallest absolute Gasteiger partial charge is 0.131 e. The summed E-state index contributed by atoms with van der Waals surface area (Å²) in [4.78, 5) is 0. The molecule has 0 aromatic heterocycles. The van der Waals surface area contributed by atoms with Gasteiger partial charge < -0.3 is 10.1 Å². The van der Waals surface area contributed by atoms with Crippen molar-refractivity contribution in [3.63, 3.8) is 0 Å². The van der Waals surface area contributed by atoms with Gasteiger partial charge in [0.05, 0.1) is 6.61 Å². The number of ether oxygens (including phenoxy) is 1. The van der Waals surface area contributed by atoms with Crippen molar-refractivity contribution in [2.75, 3.05) is 11.9 Å². The van der Waals surface area contributed by atoms with E-state index in [2.05, 4.69) is 5.32 Å². The predicted octanol–water partition coefficient (Wildman–Crippen LogP) is 3.98. The van der Waals surface area contributed by atoms with E-state index in [0.717, 1.165) is 17.5 Å². The van der Waals surface area contributed by atoms with Gasteiger partial charge in [-0.2, -0.15) is 0 Å². The summed E-state index contributed by atoms with van der Waals surface area (Å²) in [6.07, 6.45) is 0. The van der Waals surface area contributed by atoms with Gasteiger partial charge in [-0.25, -0.2) is 8.78 Å². The minimum atomic E-state index is -0.570. The van der Waals surface area contributed by atoms with Crippen molar-refractivity contribution in [2.45, 2.75) is 13.5 Å². The maximum absolute atomic E-state index is 13.4. The zero-order valence-electron chi connectivity index (χ0n) is 10.6. The van der Waals surface area contributed by atoms with E-state index >= 15 is 0 Å². The Morgan fingerprint density at radius 2 is 1.95 bits per heavy atom. The second kappa shape index (κ2) is 6.18. The highest BCUT2D eigenvalue weighted by Crippen LogP contribution is 2.18. The maximum atomic E-state index is 13.4. The van der Waals surface area contributed by atoms with Crippen molar-refractivity contribution in [1.29, 1.82) is 0 Å². The van der Waals surface area contributed by atoms with Crippen LogP contribution in [0.1, 0.15) is 12.5 Å². The fourth-order valence-electron chi connectivity index (χ4n) is 1.72. The Hall–Kier alpha value is -2.10. The molecule has 100 valence electrons. The topological polar surface area (TPSA) is 21.3 Å². The van der Waals surface area contributed by atoms with E-state index in [1.165, 1.54) is 12.1 Å². The average molecular weight is 263 g/mol. The molecule has 0 aliphatic rings. The summed E-state index contributed by atoms with van der Waals surface area (Å²) >= 11 is 0. The Balaban J connectivity index is 2.03. The summed E-state index contributed by atoms with van der Waals surface area (Å²) in [7, 11) is 0. The fourth-order valence-corrected chi connectivity index (χ4v) is 1.72. The summed E-state index contributed by atoms with van der Waals surface area (Å²) in [6.45, 7) is 2.80. The lowest BCUT2D eigenvalue weighted by Gasteiger charge is -2.09. The molecule has 0 atom stereocenters. The van der Waals surface area contributed by atoms with Crippen LogP contribution < -0.4 is 10.1 Å². The standard InChI is InChI=1S/C15H15F2NO/c1-2-19-14-5-3-4-13(9-14)18-10-11-6-7-12(16)8-15(11)17/h3-9,18H,2,10H2,1H3. The van der Waals surface area contributed by atoms with Crippen LogP contribution in [0.4, 0.5) is 14.5 Å². The van der Waals surface area contributed by atoms with Crippen molar-refractivity contribution in [3.05, 3.63) is 59.7 Å². The van der Waals surface area contributed by atoms with Crippen molar-refractivity contribution in [3.8, 4) is 5.75 Å². The van der Waals surface area contributed by atoms with E-state index in [4.69, 9.17) is 4.74 Å². The molecule has 0 amide bonds. The first-order chi connectivity index (χ1) is 9.19. The van der Waals surface area contributed by atoms with Gasteiger partial charge in [-0.3, -0.25) is 0 Å². The molecule has 2 aromatic carbocycles. The number of hydrogen-bond donors (Lipinski definition) is 1. The molecule has 0 aliphatic heterocycles. The molecule has 0 fully saturated rings. The summed E-state index contributed by atoms with van der Waals surface area (Å²) < 4.78 is 31.6. The third-order valence-electron chi connectivity index (χ3n) is 2.64. The Morgan fingerprint density at radius 3 is 2.68 bits per heavy atom. The first kappa shape index (κ1) is 13.3. The van der Waals surface area contributed by atoms with Crippen LogP contribution in [-0.2, 0) is 6.54 Å². The van der Waals surface area contributed by atoms with Gasteiger partial charge in [-0.15, -0.1) is 0 Å². The Morgan fingerprint density at radius 1 is 1.11 bits per heavy atom. The highest BCUT2D eigenvalue weighted by molar-refractivity contribution is 5.48. The lowest BCUT2D eigenvalue weighted by atomic mass is 10.2. The van der Waals surface area contributed by atoms with Gasteiger partial charge in [0.1, 0.15) is 17.4 Å². The highest BCUT2D eigenvalue weighted by Gasteiger charge is 2.03. The van der Waals surface area contributed by atoms with E-state index in [9.17, 15) is 8.78 Å². The van der Waals surface area contributed by atoms with Gasteiger partial charge in [0.15, 0.2) is 0 Å². The van der Waals surface area contributed by atoms with Crippen LogP contribution in [0, 0.1) is 11.6 Å². The molecule has 0 radical (unpaired) electrons. The number of rotatable bonds is 5. The summed E-state index contributed by atoms with van der Waals surface area (Å²) in [6, 6.07) is 11.0. The van der Waals surface area contributed by atoms with E-state index < -0.39 is 11.6 Å². The molecule has 2 rings (SSSR count). The van der Waals surface area contributed by atoms with Gasteiger partial charge in [-0.1, -0.05) is 12.1 Å². The molecule has 4 heteroatoms. The van der Waals surface area contributed by atoms with Crippen molar-refractivity contribution in [1.82, 2.24) is 0 Å². The minimum absolute atomic E-state index is 0.293. The zero-order chi connectivity index (χ0) is 13.7. The molecular weight excluding hydrogens is 248 g/mol. The molecule has 0 bridgehead atoms. The normalized spacial score (nSPS) is 10.3. The van der Waals surface area contributed by atoms with Gasteiger partial charge in [0.2, 0.25) is 0 Å². The van der Waals surface area contributed by atoms with Crippen LogP contribution >= 0.6 is 0 Å². The monoisotopic (exact) mass is 263 g/mol. The molecule has 19 heavy (non-hydrogen) atoms. The zero-order valence-corrected chi connectivity index (χ0v) is 10.6. The van der Waals surface area contributed by atoms with E-state index in [1.54, 1.807) is 0 Å². The predicted molar refractivity (Wildman–Crippen MR) is 71.3 cm³/mol. The van der Waals surface area contributed by atoms with E-state index in [1.807, 2.05) is 31.2 Å². The van der Waals surface area contributed by atoms with Crippen molar-refractivity contribution < 1.29 is 13.5 Å². The van der Waals surface area contributed by atoms with Crippen LogP contribution in [0.5, 0.6) is 5.75 Å². The van der Waals surface area contributed by atoms with Crippen LogP contribution in [0.3, 0.4) is 0 Å². The molecule has 0 spiro atoms. The molecule has 0 saturated carbocycles. The summed E-state index contributed by atoms with van der Waals surface area (Å²) in [5.74, 6) is -0.361. The molecule has 2 aromatic rings. The number of benzene rings is 2. The second-order valence-electron chi connectivity index (χ2n) is 4.05. The second-order valence-corrected chi connectivity index (χ2v) is 4.05. The lowest BCUT2D eigenvalue weighted by Crippen LogP contribution is -2.02. The van der Waals surface area contributed by atoms with Gasteiger partial charge in [0.25, 0.3) is 0 Å². The maximum Gasteiger partial charge on any atom is 0.131 e. The van der Waals surface area contributed by atoms with Gasteiger partial charge in [0, 0.05) is 29.9 Å². The largest absolute Gasteiger partial charge is 0.494 e. The Bertz CT molecular complexity index is 558. The molecule has 0 unspecified atom stereocenters. The molecule has 1 N–H and O–H groups in total. The third kappa shape index (κ3) is 3.68. The van der Waals surface area contributed by atoms with Crippen LogP contribution in [0.2, 0.25) is 0 Å². The number of hydrogen-bond acceptors (Lipinski definition) is 2. The SMILES string of the molecule is CCOc1cccc(NCc2ccc(F)cc2F)c1. The minimum Gasteiger partial charge on any atom is -0.494 e. The molecule has 2 nitrogen and oxygen atoms in total. The van der Waals surface area contributed by atoms with Crippen molar-refractivity contribution >= 4 is 5.69 Å². The van der Waals surface area contributed by atoms with Crippen molar-refractivity contribution in [2.24, 2.45) is 0 Å². The Labute approximate surface area is 111 Å². The Kier molecular flexibility index (Phi) is 4.34. The van der Waals surface area contributed by atoms with Crippen LogP contribution in [0.25, 0.3) is 0 Å². The molecular formula is C15H15F2NO. The quantitative estimate of drug-likeness (QED) is 0.881. The van der Waals surface area contributed by atoms with Gasteiger partial charge >= 0.3 is 0 Å². The summed E-state index contributed by atoms with van der Waals surface area (Å²) in [5.41, 5.74) is 1.25. The highest BCUT2D eigenvalue weighted by atomic mass is 19.1. The lowest BCUT2D eigenvalue weighted by molar-refractivity contribution is 0.340. The number of anilines is 1. The molecule has 0 heterocycles. The number of nitrogens with one attached hydrogen (secondary N) is 1. The molecule has 0 saturated heterocycles. The molecule has 0 aliphatic carbocycles. The number of halogens is 2. The van der Waals surface area contributed by atoms with E-state index in [-0.39, 0.29) is 0 Å². The van der Waals surface area contributed by atoms with E-state index in [0.29, 0.717) is 18.7 Å². The van der Waals surface area contributed by atoms with Crippen LogP contribution in [-0.4, -0.2) is 6.61 Å². The summed E-state index contributed by atoms with van der Waals surface area (Å²) in [5, 5.41) is 3.08. The average Bonchev–Trinajstić information content (AvgIpc) is 2.38. The fraction of sp³-hybridized carbons (Fsp3) is 0.200. The van der Waals surface area contributed by atoms with Gasteiger partial charge in [-0.05, 0) is 25.1 Å². The first-order valence-electron chi connectivity index (χ1n) is 6.09. The first-order valence-corrected chi connectivity index (χ1v) is 6.09.